The zero-order valence-corrected chi connectivity index (χ0v) is 18.5. The lowest BCUT2D eigenvalue weighted by Crippen LogP contribution is -2.23. The first-order valence-electron chi connectivity index (χ1n) is 11.0. The first kappa shape index (κ1) is 20.7. The second-order valence-corrected chi connectivity index (χ2v) is 8.19. The number of ether oxygens (including phenoxy) is 1. The van der Waals surface area contributed by atoms with E-state index in [4.69, 9.17) is 14.2 Å². The summed E-state index contributed by atoms with van der Waals surface area (Å²) in [6.07, 6.45) is 6.11. The topological polar surface area (TPSA) is 81.2 Å². The SMILES string of the molecule is COCCNc1ncccc1-c1noc([C@@H]2CCCN2Cc2cn(C)c3ccccc23)n1. The van der Waals surface area contributed by atoms with Crippen LogP contribution in [0.3, 0.4) is 0 Å². The van der Waals surface area contributed by atoms with Crippen molar-refractivity contribution in [3.63, 3.8) is 0 Å². The molecular formula is C24H28N6O2. The minimum absolute atomic E-state index is 0.122. The number of hydrogen-bond donors (Lipinski definition) is 1. The Bertz CT molecular complexity index is 1200. The summed E-state index contributed by atoms with van der Waals surface area (Å²) >= 11 is 0. The van der Waals surface area contributed by atoms with Crippen LogP contribution in [-0.2, 0) is 18.3 Å². The predicted molar refractivity (Wildman–Crippen MR) is 123 cm³/mol. The number of pyridine rings is 1. The van der Waals surface area contributed by atoms with Gasteiger partial charge >= 0.3 is 0 Å². The molecule has 1 aliphatic heterocycles. The zero-order valence-electron chi connectivity index (χ0n) is 18.5. The molecule has 0 aliphatic carbocycles. The number of hydrogen-bond acceptors (Lipinski definition) is 7. The second kappa shape index (κ2) is 9.10. The van der Waals surface area contributed by atoms with E-state index in [9.17, 15) is 0 Å². The summed E-state index contributed by atoms with van der Waals surface area (Å²) in [6.45, 7) is 3.13. The Morgan fingerprint density at radius 3 is 3.03 bits per heavy atom. The van der Waals surface area contributed by atoms with Crippen molar-refractivity contribution in [1.29, 1.82) is 0 Å². The van der Waals surface area contributed by atoms with E-state index in [-0.39, 0.29) is 6.04 Å². The molecule has 32 heavy (non-hydrogen) atoms. The Hall–Kier alpha value is -3.23. The predicted octanol–water partition coefficient (Wildman–Crippen LogP) is 4.02. The minimum atomic E-state index is 0.122. The molecule has 8 heteroatoms. The standard InChI is InChI=1S/C24H28N6O2/c1-29-15-17(18-7-3-4-9-20(18)29)16-30-13-6-10-21(30)24-27-23(28-32-24)19-8-5-11-25-22(19)26-12-14-31-2/h3-5,7-9,11,15,21H,6,10,12-14,16H2,1-2H3,(H,25,26)/t21-/m0/s1. The average molecular weight is 433 g/mol. The number of anilines is 1. The van der Waals surface area contributed by atoms with Crippen molar-refractivity contribution in [2.24, 2.45) is 7.05 Å². The third-order valence-corrected chi connectivity index (χ3v) is 6.09. The Labute approximate surface area is 187 Å². The molecule has 0 radical (unpaired) electrons. The molecule has 0 unspecified atom stereocenters. The quantitative estimate of drug-likeness (QED) is 0.421. The van der Waals surface area contributed by atoms with Gasteiger partial charge in [-0.1, -0.05) is 23.4 Å². The molecule has 1 aromatic carbocycles. The fourth-order valence-corrected chi connectivity index (χ4v) is 4.54. The van der Waals surface area contributed by atoms with Gasteiger partial charge in [0.15, 0.2) is 0 Å². The highest BCUT2D eigenvalue weighted by Crippen LogP contribution is 2.35. The van der Waals surface area contributed by atoms with Gasteiger partial charge in [0.2, 0.25) is 11.7 Å². The van der Waals surface area contributed by atoms with Gasteiger partial charge in [-0.05, 0) is 43.1 Å². The highest BCUT2D eigenvalue weighted by molar-refractivity contribution is 5.83. The van der Waals surface area contributed by atoms with Crippen LogP contribution < -0.4 is 5.32 Å². The van der Waals surface area contributed by atoms with Crippen LogP contribution in [0.1, 0.15) is 30.3 Å². The summed E-state index contributed by atoms with van der Waals surface area (Å²) in [7, 11) is 3.78. The Balaban J connectivity index is 1.37. The zero-order chi connectivity index (χ0) is 21.9. The smallest absolute Gasteiger partial charge is 0.244 e. The van der Waals surface area contributed by atoms with Gasteiger partial charge in [0.1, 0.15) is 5.82 Å². The second-order valence-electron chi connectivity index (χ2n) is 8.19. The molecule has 0 bridgehead atoms. The number of methoxy groups -OCH3 is 1. The van der Waals surface area contributed by atoms with E-state index in [0.29, 0.717) is 24.9 Å². The molecular weight excluding hydrogens is 404 g/mol. The molecule has 1 saturated heterocycles. The molecule has 8 nitrogen and oxygen atoms in total. The first-order valence-corrected chi connectivity index (χ1v) is 11.0. The van der Waals surface area contributed by atoms with Gasteiger partial charge in [0.05, 0.1) is 18.2 Å². The van der Waals surface area contributed by atoms with Crippen molar-refractivity contribution in [3.8, 4) is 11.4 Å². The van der Waals surface area contributed by atoms with Crippen LogP contribution in [0.15, 0.2) is 53.3 Å². The summed E-state index contributed by atoms with van der Waals surface area (Å²) in [5.74, 6) is 1.96. The molecule has 0 amide bonds. The van der Waals surface area contributed by atoms with E-state index in [2.05, 4.69) is 62.4 Å². The molecule has 0 saturated carbocycles. The summed E-state index contributed by atoms with van der Waals surface area (Å²) in [5, 5.41) is 8.87. The van der Waals surface area contributed by atoms with Crippen molar-refractivity contribution >= 4 is 16.7 Å². The number of para-hydroxylation sites is 1. The lowest BCUT2D eigenvalue weighted by Gasteiger charge is -2.21. The Kier molecular flexibility index (Phi) is 5.87. The maximum atomic E-state index is 5.76. The van der Waals surface area contributed by atoms with Gasteiger partial charge < -0.3 is 19.1 Å². The number of benzene rings is 1. The van der Waals surface area contributed by atoms with Crippen LogP contribution in [0.25, 0.3) is 22.3 Å². The third kappa shape index (κ3) is 3.99. The molecule has 5 rings (SSSR count). The molecule has 1 aliphatic rings. The lowest BCUT2D eigenvalue weighted by molar-refractivity contribution is 0.201. The number of fused-ring (bicyclic) bond motifs is 1. The van der Waals surface area contributed by atoms with Crippen molar-refractivity contribution in [3.05, 3.63) is 60.2 Å². The Morgan fingerprint density at radius 2 is 2.12 bits per heavy atom. The van der Waals surface area contributed by atoms with E-state index in [1.54, 1.807) is 13.3 Å². The van der Waals surface area contributed by atoms with Crippen molar-refractivity contribution in [2.45, 2.75) is 25.4 Å². The number of aryl methyl sites for hydroxylation is 1. The highest BCUT2D eigenvalue weighted by Gasteiger charge is 2.31. The maximum absolute atomic E-state index is 5.76. The van der Waals surface area contributed by atoms with Gasteiger partial charge in [-0.15, -0.1) is 0 Å². The highest BCUT2D eigenvalue weighted by atomic mass is 16.5. The van der Waals surface area contributed by atoms with E-state index < -0.39 is 0 Å². The van der Waals surface area contributed by atoms with Gasteiger partial charge in [0.25, 0.3) is 0 Å². The number of rotatable bonds is 8. The number of likely N-dealkylation sites (tertiary alicyclic amines) is 1. The van der Waals surface area contributed by atoms with E-state index in [1.807, 2.05) is 12.1 Å². The summed E-state index contributed by atoms with van der Waals surface area (Å²) in [6, 6.07) is 12.5. The molecule has 166 valence electrons. The van der Waals surface area contributed by atoms with E-state index >= 15 is 0 Å². The van der Waals surface area contributed by atoms with Crippen molar-refractivity contribution in [1.82, 2.24) is 24.6 Å². The van der Waals surface area contributed by atoms with Crippen LogP contribution in [0.5, 0.6) is 0 Å². The number of aromatic nitrogens is 4. The summed E-state index contributed by atoms with van der Waals surface area (Å²) in [5.41, 5.74) is 3.41. The Morgan fingerprint density at radius 1 is 1.22 bits per heavy atom. The van der Waals surface area contributed by atoms with Crippen LogP contribution in [0, 0.1) is 0 Å². The van der Waals surface area contributed by atoms with Gasteiger partial charge in [-0.3, -0.25) is 4.90 Å². The van der Waals surface area contributed by atoms with Gasteiger partial charge in [-0.25, -0.2) is 4.98 Å². The number of nitrogens with zero attached hydrogens (tertiary/aromatic N) is 5. The third-order valence-electron chi connectivity index (χ3n) is 6.09. The normalized spacial score (nSPS) is 16.8. The van der Waals surface area contributed by atoms with Gasteiger partial charge in [0, 0.05) is 50.5 Å². The molecule has 1 N–H and O–H groups in total. The van der Waals surface area contributed by atoms with Crippen molar-refractivity contribution in [2.75, 3.05) is 32.1 Å². The summed E-state index contributed by atoms with van der Waals surface area (Å²) in [4.78, 5) is 11.7. The fourth-order valence-electron chi connectivity index (χ4n) is 4.54. The van der Waals surface area contributed by atoms with Crippen LogP contribution in [0.4, 0.5) is 5.82 Å². The van der Waals surface area contributed by atoms with E-state index in [0.717, 1.165) is 37.3 Å². The average Bonchev–Trinajstić information content (AvgIpc) is 3.55. The molecule has 4 aromatic rings. The molecule has 3 aromatic heterocycles. The fraction of sp³-hybridized carbons (Fsp3) is 0.375. The lowest BCUT2D eigenvalue weighted by atomic mass is 10.1. The van der Waals surface area contributed by atoms with Crippen LogP contribution in [0.2, 0.25) is 0 Å². The monoisotopic (exact) mass is 432 g/mol. The largest absolute Gasteiger partial charge is 0.383 e. The summed E-state index contributed by atoms with van der Waals surface area (Å²) < 4.78 is 13.1. The maximum Gasteiger partial charge on any atom is 0.244 e. The molecule has 4 heterocycles. The molecule has 1 fully saturated rings. The van der Waals surface area contributed by atoms with Crippen LogP contribution >= 0.6 is 0 Å². The van der Waals surface area contributed by atoms with Gasteiger partial charge in [-0.2, -0.15) is 4.98 Å². The minimum Gasteiger partial charge on any atom is -0.383 e. The molecule has 0 spiro atoms. The number of nitrogens with one attached hydrogen (secondary N) is 1. The van der Waals surface area contributed by atoms with E-state index in [1.165, 1.54) is 16.5 Å². The molecule has 1 atom stereocenters. The van der Waals surface area contributed by atoms with Crippen molar-refractivity contribution < 1.29 is 9.26 Å². The first-order chi connectivity index (χ1) is 15.7. The van der Waals surface area contributed by atoms with Crippen LogP contribution in [-0.4, -0.2) is 51.4 Å².